The third-order valence-electron chi connectivity index (χ3n) is 7.07. The highest BCUT2D eigenvalue weighted by Crippen LogP contribution is 2.33. The second-order valence-electron chi connectivity index (χ2n) is 9.53. The molecule has 0 unspecified atom stereocenters. The van der Waals surface area contributed by atoms with Gasteiger partial charge in [0.05, 0.1) is 7.11 Å². The summed E-state index contributed by atoms with van der Waals surface area (Å²) in [5.74, 6) is 2.59. The lowest BCUT2D eigenvalue weighted by Crippen LogP contribution is -2.31. The maximum absolute atomic E-state index is 5.51. The Hall–Kier alpha value is -2.40. The molecule has 1 fully saturated rings. The van der Waals surface area contributed by atoms with Crippen molar-refractivity contribution >= 4 is 10.9 Å². The van der Waals surface area contributed by atoms with Gasteiger partial charge in [0, 0.05) is 72.6 Å². The lowest BCUT2D eigenvalue weighted by Gasteiger charge is -2.29. The van der Waals surface area contributed by atoms with Gasteiger partial charge < -0.3 is 9.30 Å². The lowest BCUT2D eigenvalue weighted by atomic mass is 9.88. The fourth-order valence-electron chi connectivity index (χ4n) is 5.31. The maximum Gasteiger partial charge on any atom is 0.131 e. The molecule has 164 valence electrons. The Bertz CT molecular complexity index is 1060. The summed E-state index contributed by atoms with van der Waals surface area (Å²) in [6.07, 6.45) is 12.0. The number of hydrogen-bond acceptors (Lipinski definition) is 4. The first-order valence-electron chi connectivity index (χ1n) is 11.9. The van der Waals surface area contributed by atoms with Crippen molar-refractivity contribution < 1.29 is 4.74 Å². The van der Waals surface area contributed by atoms with E-state index in [0.29, 0.717) is 12.0 Å². The molecule has 1 aliphatic heterocycles. The van der Waals surface area contributed by atoms with E-state index in [-0.39, 0.29) is 0 Å². The van der Waals surface area contributed by atoms with Gasteiger partial charge in [0.15, 0.2) is 0 Å². The van der Waals surface area contributed by atoms with Gasteiger partial charge in [0.25, 0.3) is 0 Å². The van der Waals surface area contributed by atoms with Gasteiger partial charge in [-0.2, -0.15) is 0 Å². The summed E-state index contributed by atoms with van der Waals surface area (Å²) in [6.45, 7) is 7.40. The van der Waals surface area contributed by atoms with Gasteiger partial charge in [-0.1, -0.05) is 19.3 Å². The van der Waals surface area contributed by atoms with Crippen LogP contribution in [0.15, 0.2) is 30.6 Å². The molecular weight excluding hydrogens is 384 g/mol. The molecule has 0 bridgehead atoms. The normalized spacial score (nSPS) is 17.9. The summed E-state index contributed by atoms with van der Waals surface area (Å²) in [5.41, 5.74) is 5.23. The molecule has 1 aliphatic carbocycles. The minimum absolute atomic E-state index is 0.429. The van der Waals surface area contributed by atoms with Crippen LogP contribution in [0, 0.1) is 0 Å². The highest BCUT2D eigenvalue weighted by atomic mass is 16.5. The molecule has 0 radical (unpaired) electrons. The number of fused-ring (bicyclic) bond motifs is 2. The van der Waals surface area contributed by atoms with E-state index < -0.39 is 0 Å². The van der Waals surface area contributed by atoms with Crippen molar-refractivity contribution in [1.29, 1.82) is 0 Å². The van der Waals surface area contributed by atoms with E-state index in [4.69, 9.17) is 14.7 Å². The first kappa shape index (κ1) is 20.5. The molecule has 5 heteroatoms. The summed E-state index contributed by atoms with van der Waals surface area (Å²) in [7, 11) is 1.74. The number of benzene rings is 1. The summed E-state index contributed by atoms with van der Waals surface area (Å²) in [6, 6.07) is 6.85. The van der Waals surface area contributed by atoms with Gasteiger partial charge in [0.1, 0.15) is 11.6 Å². The molecule has 1 aromatic carbocycles. The Balaban J connectivity index is 1.37. The first-order chi connectivity index (χ1) is 15.1. The summed E-state index contributed by atoms with van der Waals surface area (Å²) < 4.78 is 7.88. The Labute approximate surface area is 185 Å². The van der Waals surface area contributed by atoms with Gasteiger partial charge >= 0.3 is 0 Å². The van der Waals surface area contributed by atoms with Crippen LogP contribution in [-0.4, -0.2) is 33.1 Å². The maximum atomic E-state index is 5.51. The molecular formula is C26H34N4O. The average Bonchev–Trinajstić information content (AvgIpc) is 3.17. The Kier molecular flexibility index (Phi) is 5.70. The number of aromatic nitrogens is 3. The molecule has 0 spiro atoms. The molecule has 0 amide bonds. The summed E-state index contributed by atoms with van der Waals surface area (Å²) >= 11 is 0. The molecule has 3 aromatic rings. The molecule has 1 saturated carbocycles. The van der Waals surface area contributed by atoms with Crippen LogP contribution in [0.3, 0.4) is 0 Å². The fourth-order valence-corrected chi connectivity index (χ4v) is 5.31. The molecule has 31 heavy (non-hydrogen) atoms. The van der Waals surface area contributed by atoms with Crippen molar-refractivity contribution in [1.82, 2.24) is 19.4 Å². The third-order valence-corrected chi connectivity index (χ3v) is 7.07. The molecule has 0 N–H and O–H groups in total. The number of hydrogen-bond donors (Lipinski definition) is 0. The van der Waals surface area contributed by atoms with Gasteiger partial charge in [-0.3, -0.25) is 4.90 Å². The van der Waals surface area contributed by atoms with E-state index in [9.17, 15) is 0 Å². The predicted molar refractivity (Wildman–Crippen MR) is 125 cm³/mol. The largest absolute Gasteiger partial charge is 0.497 e. The average molecular weight is 419 g/mol. The van der Waals surface area contributed by atoms with Crippen LogP contribution in [-0.2, 0) is 19.5 Å². The predicted octanol–water partition coefficient (Wildman–Crippen LogP) is 5.63. The lowest BCUT2D eigenvalue weighted by molar-refractivity contribution is 0.242. The SMILES string of the molecule is COc1ccc2c(c1)c(CN1CCc3nc(C4CCCCC4)ncc3C1)cn2C(C)C. The van der Waals surface area contributed by atoms with Crippen molar-refractivity contribution in [2.75, 3.05) is 13.7 Å². The monoisotopic (exact) mass is 418 g/mol. The van der Waals surface area contributed by atoms with Crippen LogP contribution < -0.4 is 4.74 Å². The summed E-state index contributed by atoms with van der Waals surface area (Å²) in [4.78, 5) is 12.4. The van der Waals surface area contributed by atoms with Crippen LogP contribution >= 0.6 is 0 Å². The van der Waals surface area contributed by atoms with Crippen LogP contribution in [0.4, 0.5) is 0 Å². The van der Waals surface area contributed by atoms with Crippen LogP contribution in [0.1, 0.15) is 80.6 Å². The highest BCUT2D eigenvalue weighted by Gasteiger charge is 2.23. The van der Waals surface area contributed by atoms with Crippen molar-refractivity contribution in [3.05, 3.63) is 53.2 Å². The first-order valence-corrected chi connectivity index (χ1v) is 11.9. The molecule has 2 aliphatic rings. The van der Waals surface area contributed by atoms with Gasteiger partial charge in [-0.05, 0) is 50.5 Å². The number of ether oxygens (including phenoxy) is 1. The second kappa shape index (κ2) is 8.62. The minimum atomic E-state index is 0.429. The molecule has 2 aromatic heterocycles. The van der Waals surface area contributed by atoms with Gasteiger partial charge in [0.2, 0.25) is 0 Å². The third kappa shape index (κ3) is 4.08. The van der Waals surface area contributed by atoms with Crippen LogP contribution in [0.25, 0.3) is 10.9 Å². The Morgan fingerprint density at radius 3 is 2.77 bits per heavy atom. The van der Waals surface area contributed by atoms with E-state index in [2.05, 4.69) is 53.9 Å². The second-order valence-corrected chi connectivity index (χ2v) is 9.53. The zero-order valence-electron chi connectivity index (χ0n) is 19.1. The molecule has 0 saturated heterocycles. The number of rotatable bonds is 5. The van der Waals surface area contributed by atoms with E-state index in [1.54, 1.807) is 7.11 Å². The van der Waals surface area contributed by atoms with E-state index in [1.165, 1.54) is 59.8 Å². The van der Waals surface area contributed by atoms with Crippen molar-refractivity contribution in [3.8, 4) is 5.75 Å². The topological polar surface area (TPSA) is 43.2 Å². The van der Waals surface area contributed by atoms with Crippen molar-refractivity contribution in [2.45, 2.75) is 77.4 Å². The standard InChI is InChI=1S/C26H34N4O/c1-18(2)30-17-21(23-13-22(31-3)9-10-25(23)30)16-29-12-11-24-20(15-29)14-27-26(28-24)19-7-5-4-6-8-19/h9-10,13-14,17-19H,4-8,11-12,15-16H2,1-3H3. The molecule has 0 atom stereocenters. The fraction of sp³-hybridized carbons (Fsp3) is 0.538. The molecule has 5 rings (SSSR count). The summed E-state index contributed by atoms with van der Waals surface area (Å²) in [5, 5.41) is 1.29. The van der Waals surface area contributed by atoms with Gasteiger partial charge in [-0.15, -0.1) is 0 Å². The van der Waals surface area contributed by atoms with E-state index >= 15 is 0 Å². The Morgan fingerprint density at radius 2 is 2.00 bits per heavy atom. The molecule has 3 heterocycles. The molecule has 5 nitrogen and oxygen atoms in total. The van der Waals surface area contributed by atoms with E-state index in [1.807, 2.05) is 0 Å². The van der Waals surface area contributed by atoms with E-state index in [0.717, 1.165) is 37.6 Å². The van der Waals surface area contributed by atoms with Crippen LogP contribution in [0.2, 0.25) is 0 Å². The minimum Gasteiger partial charge on any atom is -0.497 e. The van der Waals surface area contributed by atoms with Crippen LogP contribution in [0.5, 0.6) is 5.75 Å². The van der Waals surface area contributed by atoms with Gasteiger partial charge in [-0.25, -0.2) is 9.97 Å². The zero-order valence-corrected chi connectivity index (χ0v) is 19.1. The number of nitrogens with zero attached hydrogens (tertiary/aromatic N) is 4. The van der Waals surface area contributed by atoms with Crippen molar-refractivity contribution in [2.24, 2.45) is 0 Å². The van der Waals surface area contributed by atoms with Crippen molar-refractivity contribution in [3.63, 3.8) is 0 Å². The highest BCUT2D eigenvalue weighted by molar-refractivity contribution is 5.85. The zero-order chi connectivity index (χ0) is 21.4. The number of methoxy groups -OCH3 is 1. The Morgan fingerprint density at radius 1 is 1.16 bits per heavy atom. The quantitative estimate of drug-likeness (QED) is 0.539. The smallest absolute Gasteiger partial charge is 0.131 e.